The fourth-order valence-electron chi connectivity index (χ4n) is 1.79. The van der Waals surface area contributed by atoms with Crippen LogP contribution < -0.4 is 5.73 Å². The van der Waals surface area contributed by atoms with Crippen LogP contribution in [0.3, 0.4) is 0 Å². The minimum atomic E-state index is -3.46. The number of aryl methyl sites for hydroxylation is 1. The highest BCUT2D eigenvalue weighted by Gasteiger charge is 2.15. The lowest BCUT2D eigenvalue weighted by Gasteiger charge is -2.03. The minimum Gasteiger partial charge on any atom is -0.395 e. The molecule has 0 atom stereocenters. The molecule has 0 aliphatic rings. The molecule has 0 aliphatic heterocycles. The summed E-state index contributed by atoms with van der Waals surface area (Å²) in [5.41, 5.74) is 6.74. The molecule has 0 spiro atoms. The zero-order valence-corrected chi connectivity index (χ0v) is 11.2. The standard InChI is InChI=1S/C11H16N4O3S/c12-4-1-5-15-11-3-2-9(8-10(11)13-14-15)19(17,18)7-6-16/h2-3,8,16H,1,4-7,12H2. The van der Waals surface area contributed by atoms with E-state index in [2.05, 4.69) is 10.3 Å². The van der Waals surface area contributed by atoms with Crippen molar-refractivity contribution in [3.8, 4) is 0 Å². The molecule has 0 saturated carbocycles. The predicted molar refractivity (Wildman–Crippen MR) is 70.3 cm³/mol. The molecular weight excluding hydrogens is 268 g/mol. The van der Waals surface area contributed by atoms with Crippen LogP contribution >= 0.6 is 0 Å². The summed E-state index contributed by atoms with van der Waals surface area (Å²) in [5, 5.41) is 16.7. The monoisotopic (exact) mass is 284 g/mol. The van der Waals surface area contributed by atoms with Crippen molar-refractivity contribution < 1.29 is 13.5 Å². The molecule has 1 heterocycles. The van der Waals surface area contributed by atoms with Gasteiger partial charge in [-0.1, -0.05) is 5.21 Å². The topological polar surface area (TPSA) is 111 Å². The molecule has 0 saturated heterocycles. The Hall–Kier alpha value is -1.51. The fourth-order valence-corrected chi connectivity index (χ4v) is 2.83. The largest absolute Gasteiger partial charge is 0.395 e. The highest BCUT2D eigenvalue weighted by molar-refractivity contribution is 7.91. The molecule has 0 bridgehead atoms. The van der Waals surface area contributed by atoms with Gasteiger partial charge >= 0.3 is 0 Å². The number of nitrogens with two attached hydrogens (primary N) is 1. The highest BCUT2D eigenvalue weighted by Crippen LogP contribution is 2.18. The molecule has 8 heteroatoms. The van der Waals surface area contributed by atoms with Gasteiger partial charge in [-0.05, 0) is 31.2 Å². The van der Waals surface area contributed by atoms with Crippen LogP contribution in [0.4, 0.5) is 0 Å². The Bertz CT molecular complexity index is 666. The number of aromatic nitrogens is 3. The molecule has 2 rings (SSSR count). The van der Waals surface area contributed by atoms with Crippen LogP contribution in [0.25, 0.3) is 11.0 Å². The number of hydrogen-bond acceptors (Lipinski definition) is 6. The van der Waals surface area contributed by atoms with Crippen molar-refractivity contribution in [3.63, 3.8) is 0 Å². The van der Waals surface area contributed by atoms with Crippen molar-refractivity contribution >= 4 is 20.9 Å². The fraction of sp³-hybridized carbons (Fsp3) is 0.455. The summed E-state index contributed by atoms with van der Waals surface area (Å²) >= 11 is 0. The number of aliphatic hydroxyl groups is 1. The third-order valence-corrected chi connectivity index (χ3v) is 4.47. The van der Waals surface area contributed by atoms with Gasteiger partial charge in [0, 0.05) is 6.54 Å². The second-order valence-corrected chi connectivity index (χ2v) is 6.26. The summed E-state index contributed by atoms with van der Waals surface area (Å²) in [7, 11) is -3.46. The zero-order valence-electron chi connectivity index (χ0n) is 10.4. The molecule has 104 valence electrons. The average molecular weight is 284 g/mol. The van der Waals surface area contributed by atoms with E-state index in [0.717, 1.165) is 11.9 Å². The van der Waals surface area contributed by atoms with E-state index in [9.17, 15) is 8.42 Å². The number of rotatable bonds is 6. The lowest BCUT2D eigenvalue weighted by Crippen LogP contribution is -2.10. The number of hydrogen-bond donors (Lipinski definition) is 2. The Morgan fingerprint density at radius 1 is 1.37 bits per heavy atom. The van der Waals surface area contributed by atoms with Crippen molar-refractivity contribution in [2.45, 2.75) is 17.9 Å². The van der Waals surface area contributed by atoms with Gasteiger partial charge in [0.05, 0.1) is 22.8 Å². The lowest BCUT2D eigenvalue weighted by atomic mass is 10.3. The average Bonchev–Trinajstić information content (AvgIpc) is 2.78. The molecule has 7 nitrogen and oxygen atoms in total. The van der Waals surface area contributed by atoms with Crippen molar-refractivity contribution in [2.24, 2.45) is 5.73 Å². The third-order valence-electron chi connectivity index (χ3n) is 2.78. The molecule has 0 fully saturated rings. The van der Waals surface area contributed by atoms with Crippen LogP contribution in [0, 0.1) is 0 Å². The van der Waals surface area contributed by atoms with Gasteiger partial charge in [0.1, 0.15) is 5.52 Å². The molecule has 0 radical (unpaired) electrons. The van der Waals surface area contributed by atoms with E-state index in [0.29, 0.717) is 18.6 Å². The second-order valence-electron chi connectivity index (χ2n) is 4.15. The highest BCUT2D eigenvalue weighted by atomic mass is 32.2. The minimum absolute atomic E-state index is 0.153. The van der Waals surface area contributed by atoms with Gasteiger partial charge in [0.2, 0.25) is 0 Å². The SMILES string of the molecule is NCCCn1nnc2cc(S(=O)(=O)CCO)ccc21. The first-order valence-electron chi connectivity index (χ1n) is 5.95. The quantitative estimate of drug-likeness (QED) is 0.743. The summed E-state index contributed by atoms with van der Waals surface area (Å²) in [5.74, 6) is -0.292. The molecule has 0 unspecified atom stereocenters. The van der Waals surface area contributed by atoms with Gasteiger partial charge in [-0.3, -0.25) is 0 Å². The summed E-state index contributed by atoms with van der Waals surface area (Å²) in [6.07, 6.45) is 0.781. The van der Waals surface area contributed by atoms with Crippen molar-refractivity contribution in [1.29, 1.82) is 0 Å². The third kappa shape index (κ3) is 2.91. The van der Waals surface area contributed by atoms with Gasteiger partial charge < -0.3 is 10.8 Å². The molecule has 19 heavy (non-hydrogen) atoms. The van der Waals surface area contributed by atoms with Crippen LogP contribution in [0.15, 0.2) is 23.1 Å². The van der Waals surface area contributed by atoms with Gasteiger partial charge in [-0.2, -0.15) is 0 Å². The normalized spacial score (nSPS) is 12.1. The van der Waals surface area contributed by atoms with Crippen LogP contribution in [-0.2, 0) is 16.4 Å². The molecular formula is C11H16N4O3S. The zero-order chi connectivity index (χ0) is 13.9. The smallest absolute Gasteiger partial charge is 0.180 e. The van der Waals surface area contributed by atoms with E-state index in [1.807, 2.05) is 0 Å². The number of benzene rings is 1. The first-order valence-corrected chi connectivity index (χ1v) is 7.60. The van der Waals surface area contributed by atoms with Crippen LogP contribution in [0.5, 0.6) is 0 Å². The predicted octanol–water partition coefficient (Wildman–Crippen LogP) is -0.454. The molecule has 0 amide bonds. The Morgan fingerprint density at radius 2 is 2.16 bits per heavy atom. The molecule has 1 aromatic carbocycles. The number of aliphatic hydroxyl groups excluding tert-OH is 1. The van der Waals surface area contributed by atoms with Gasteiger partial charge in [-0.15, -0.1) is 5.10 Å². The van der Waals surface area contributed by atoms with Crippen LogP contribution in [0.1, 0.15) is 6.42 Å². The van der Waals surface area contributed by atoms with E-state index >= 15 is 0 Å². The summed E-state index contributed by atoms with van der Waals surface area (Å²) < 4.78 is 25.3. The van der Waals surface area contributed by atoms with Gasteiger partial charge in [0.15, 0.2) is 9.84 Å². The van der Waals surface area contributed by atoms with Crippen molar-refractivity contribution in [1.82, 2.24) is 15.0 Å². The number of nitrogens with zero attached hydrogens (tertiary/aromatic N) is 3. The van der Waals surface area contributed by atoms with E-state index in [4.69, 9.17) is 10.8 Å². The molecule has 3 N–H and O–H groups in total. The number of fused-ring (bicyclic) bond motifs is 1. The Labute approximate surface area is 110 Å². The van der Waals surface area contributed by atoms with E-state index < -0.39 is 16.4 Å². The van der Waals surface area contributed by atoms with Gasteiger partial charge in [-0.25, -0.2) is 13.1 Å². The van der Waals surface area contributed by atoms with Crippen LogP contribution in [-0.4, -0.2) is 47.4 Å². The lowest BCUT2D eigenvalue weighted by molar-refractivity contribution is 0.319. The molecule has 0 aliphatic carbocycles. The maximum absolute atomic E-state index is 11.8. The van der Waals surface area contributed by atoms with Gasteiger partial charge in [0.25, 0.3) is 0 Å². The second kappa shape index (κ2) is 5.64. The summed E-state index contributed by atoms with van der Waals surface area (Å²) in [4.78, 5) is 0.153. The van der Waals surface area contributed by atoms with Crippen molar-refractivity contribution in [2.75, 3.05) is 18.9 Å². The maximum atomic E-state index is 11.8. The summed E-state index contributed by atoms with van der Waals surface area (Å²) in [6, 6.07) is 4.66. The first-order chi connectivity index (χ1) is 9.08. The number of sulfone groups is 1. The Balaban J connectivity index is 2.38. The Morgan fingerprint density at radius 3 is 2.84 bits per heavy atom. The summed E-state index contributed by atoms with van der Waals surface area (Å²) in [6.45, 7) is 0.809. The van der Waals surface area contributed by atoms with E-state index in [-0.39, 0.29) is 10.6 Å². The first kappa shape index (κ1) is 13.9. The van der Waals surface area contributed by atoms with E-state index in [1.54, 1.807) is 10.7 Å². The maximum Gasteiger partial charge on any atom is 0.180 e. The van der Waals surface area contributed by atoms with E-state index in [1.165, 1.54) is 12.1 Å². The molecule has 1 aromatic heterocycles. The van der Waals surface area contributed by atoms with Crippen molar-refractivity contribution in [3.05, 3.63) is 18.2 Å². The molecule has 2 aromatic rings. The Kier molecular flexibility index (Phi) is 4.13. The van der Waals surface area contributed by atoms with Crippen LogP contribution in [0.2, 0.25) is 0 Å².